The Morgan fingerprint density at radius 3 is 2.79 bits per heavy atom. The van der Waals surface area contributed by atoms with Gasteiger partial charge in [-0.15, -0.1) is 0 Å². The number of nitrogens with two attached hydrogens (primary N) is 1. The van der Waals surface area contributed by atoms with E-state index in [4.69, 9.17) is 5.73 Å². The second kappa shape index (κ2) is 7.51. The van der Waals surface area contributed by atoms with Crippen molar-refractivity contribution in [2.45, 2.75) is 20.0 Å². The summed E-state index contributed by atoms with van der Waals surface area (Å²) in [7, 11) is 0. The molecule has 128 valence electrons. The molecule has 0 aliphatic carbocycles. The monoisotopic (exact) mass is 334 g/mol. The van der Waals surface area contributed by atoms with Gasteiger partial charge in [0.25, 0.3) is 5.91 Å². The molecule has 0 radical (unpaired) electrons. The van der Waals surface area contributed by atoms with Crippen LogP contribution in [0, 0.1) is 10.1 Å². The number of aliphatic hydroxyl groups excluding tert-OH is 1. The lowest BCUT2D eigenvalue weighted by Gasteiger charge is -2.23. The summed E-state index contributed by atoms with van der Waals surface area (Å²) in [4.78, 5) is 27.8. The van der Waals surface area contributed by atoms with Gasteiger partial charge >= 0.3 is 5.69 Å². The van der Waals surface area contributed by atoms with Gasteiger partial charge in [-0.1, -0.05) is 0 Å². The minimum absolute atomic E-state index is 0.0193. The van der Waals surface area contributed by atoms with Gasteiger partial charge in [0.05, 0.1) is 23.8 Å². The van der Waals surface area contributed by atoms with Crippen LogP contribution in [-0.2, 0) is 13.1 Å². The Kier molecular flexibility index (Phi) is 5.42. The van der Waals surface area contributed by atoms with Crippen molar-refractivity contribution in [3.05, 3.63) is 45.9 Å². The van der Waals surface area contributed by atoms with Crippen LogP contribution in [0.25, 0.3) is 0 Å². The predicted molar refractivity (Wildman–Crippen MR) is 85.4 cm³/mol. The van der Waals surface area contributed by atoms with Gasteiger partial charge in [-0.2, -0.15) is 5.10 Å². The van der Waals surface area contributed by atoms with Crippen LogP contribution >= 0.6 is 0 Å². The molecule has 2 aromatic rings. The number of nitrogens with zero attached hydrogens (tertiary/aromatic N) is 5. The van der Waals surface area contributed by atoms with E-state index in [1.807, 2.05) is 6.92 Å². The summed E-state index contributed by atoms with van der Waals surface area (Å²) >= 11 is 0. The van der Waals surface area contributed by atoms with Crippen LogP contribution < -0.4 is 10.6 Å². The summed E-state index contributed by atoms with van der Waals surface area (Å²) in [5, 5.41) is 24.9. The first kappa shape index (κ1) is 17.3. The molecule has 1 amide bonds. The Balaban J connectivity index is 2.49. The topological polar surface area (TPSA) is 140 Å². The standard InChI is InChI=1S/C14H18N6O4/c1-2-19-10(3-6-17-19)9-18(7-8-21)14-12(20(23)24)11(13(15)22)4-5-16-14/h3-6,21H,2,7-9H2,1H3,(H2,15,22). The van der Waals surface area contributed by atoms with Crippen LogP contribution in [0.3, 0.4) is 0 Å². The lowest BCUT2D eigenvalue weighted by atomic mass is 10.2. The van der Waals surface area contributed by atoms with Crippen molar-refractivity contribution in [1.29, 1.82) is 0 Å². The highest BCUT2D eigenvalue weighted by atomic mass is 16.6. The van der Waals surface area contributed by atoms with Gasteiger partial charge < -0.3 is 15.7 Å². The third-order valence-corrected chi connectivity index (χ3v) is 3.48. The summed E-state index contributed by atoms with van der Waals surface area (Å²) < 4.78 is 1.73. The van der Waals surface area contributed by atoms with Crippen molar-refractivity contribution in [1.82, 2.24) is 14.8 Å². The van der Waals surface area contributed by atoms with Gasteiger partial charge in [-0.3, -0.25) is 19.6 Å². The lowest BCUT2D eigenvalue weighted by molar-refractivity contribution is -0.384. The zero-order valence-corrected chi connectivity index (χ0v) is 13.1. The highest BCUT2D eigenvalue weighted by molar-refractivity contribution is 5.98. The highest BCUT2D eigenvalue weighted by Crippen LogP contribution is 2.30. The van der Waals surface area contributed by atoms with Crippen LogP contribution in [0.5, 0.6) is 0 Å². The maximum Gasteiger partial charge on any atom is 0.324 e. The first-order valence-corrected chi connectivity index (χ1v) is 7.29. The summed E-state index contributed by atoms with van der Waals surface area (Å²) in [5.41, 5.74) is 5.33. The third kappa shape index (κ3) is 3.49. The minimum atomic E-state index is -0.909. The number of hydrogen-bond acceptors (Lipinski definition) is 7. The molecule has 10 heteroatoms. The molecule has 0 aliphatic rings. The molecule has 0 unspecified atom stereocenters. The Labute approximate surface area is 137 Å². The van der Waals surface area contributed by atoms with E-state index in [1.165, 1.54) is 17.2 Å². The molecule has 2 aromatic heterocycles. The summed E-state index contributed by atoms with van der Waals surface area (Å²) in [6.45, 7) is 2.66. The van der Waals surface area contributed by atoms with Gasteiger partial charge in [0, 0.05) is 25.5 Å². The van der Waals surface area contributed by atoms with Crippen molar-refractivity contribution in [2.75, 3.05) is 18.1 Å². The van der Waals surface area contributed by atoms with E-state index in [-0.39, 0.29) is 31.1 Å². The van der Waals surface area contributed by atoms with Gasteiger partial charge in [0.2, 0.25) is 5.82 Å². The summed E-state index contributed by atoms with van der Waals surface area (Å²) in [5.74, 6) is -0.929. The molecule has 0 fully saturated rings. The number of primary amides is 1. The van der Waals surface area contributed by atoms with Crippen LogP contribution in [-0.4, -0.2) is 43.9 Å². The smallest absolute Gasteiger partial charge is 0.324 e. The fourth-order valence-electron chi connectivity index (χ4n) is 2.41. The van der Waals surface area contributed by atoms with Crippen molar-refractivity contribution in [3.63, 3.8) is 0 Å². The second-order valence-corrected chi connectivity index (χ2v) is 4.94. The Morgan fingerprint density at radius 1 is 1.46 bits per heavy atom. The number of aryl methyl sites for hydroxylation is 1. The van der Waals surface area contributed by atoms with E-state index < -0.39 is 16.5 Å². The number of carbonyl (C=O) groups is 1. The van der Waals surface area contributed by atoms with Crippen LogP contribution in [0.1, 0.15) is 23.0 Å². The Morgan fingerprint density at radius 2 is 2.21 bits per heavy atom. The largest absolute Gasteiger partial charge is 0.395 e. The average molecular weight is 334 g/mol. The minimum Gasteiger partial charge on any atom is -0.395 e. The predicted octanol–water partition coefficient (Wildman–Crippen LogP) is 0.304. The molecule has 24 heavy (non-hydrogen) atoms. The molecular weight excluding hydrogens is 316 g/mol. The van der Waals surface area contributed by atoms with E-state index in [9.17, 15) is 20.0 Å². The van der Waals surface area contributed by atoms with Crippen LogP contribution in [0.4, 0.5) is 11.5 Å². The van der Waals surface area contributed by atoms with Crippen molar-refractivity contribution < 1.29 is 14.8 Å². The number of aromatic nitrogens is 3. The maximum absolute atomic E-state index is 11.5. The average Bonchev–Trinajstić information content (AvgIpc) is 3.00. The van der Waals surface area contributed by atoms with E-state index in [1.54, 1.807) is 16.9 Å². The molecule has 0 aromatic carbocycles. The number of rotatable bonds is 8. The fourth-order valence-corrected chi connectivity index (χ4v) is 2.41. The number of aliphatic hydroxyl groups is 1. The lowest BCUT2D eigenvalue weighted by Crippen LogP contribution is -2.29. The van der Waals surface area contributed by atoms with Gasteiger partial charge in [-0.05, 0) is 19.1 Å². The third-order valence-electron chi connectivity index (χ3n) is 3.48. The molecule has 0 saturated heterocycles. The zero-order valence-electron chi connectivity index (χ0n) is 13.1. The molecule has 0 saturated carbocycles. The molecular formula is C14H18N6O4. The van der Waals surface area contributed by atoms with E-state index in [2.05, 4.69) is 10.1 Å². The van der Waals surface area contributed by atoms with E-state index in [0.717, 1.165) is 5.69 Å². The number of amides is 1. The summed E-state index contributed by atoms with van der Waals surface area (Å²) in [6.07, 6.45) is 2.90. The number of anilines is 1. The highest BCUT2D eigenvalue weighted by Gasteiger charge is 2.28. The molecule has 10 nitrogen and oxygen atoms in total. The van der Waals surface area contributed by atoms with Crippen molar-refractivity contribution in [2.24, 2.45) is 5.73 Å². The first-order valence-electron chi connectivity index (χ1n) is 7.29. The van der Waals surface area contributed by atoms with E-state index >= 15 is 0 Å². The molecule has 2 rings (SSSR count). The summed E-state index contributed by atoms with van der Waals surface area (Å²) in [6, 6.07) is 2.98. The van der Waals surface area contributed by atoms with Crippen molar-refractivity contribution in [3.8, 4) is 0 Å². The first-order chi connectivity index (χ1) is 11.5. The number of pyridine rings is 1. The molecule has 0 atom stereocenters. The van der Waals surface area contributed by atoms with Gasteiger partial charge in [-0.25, -0.2) is 4.98 Å². The number of hydrogen-bond donors (Lipinski definition) is 2. The molecule has 2 heterocycles. The Hall–Kier alpha value is -3.01. The zero-order chi connectivity index (χ0) is 17.7. The Bertz CT molecular complexity index is 745. The number of carbonyl (C=O) groups excluding carboxylic acids is 1. The fraction of sp³-hybridized carbons (Fsp3) is 0.357. The molecule has 0 spiro atoms. The van der Waals surface area contributed by atoms with Crippen molar-refractivity contribution >= 4 is 17.4 Å². The molecule has 0 aliphatic heterocycles. The molecule has 3 N–H and O–H groups in total. The van der Waals surface area contributed by atoms with Crippen LogP contribution in [0.2, 0.25) is 0 Å². The quantitative estimate of drug-likeness (QED) is 0.522. The second-order valence-electron chi connectivity index (χ2n) is 4.94. The number of nitro groups is 1. The van der Waals surface area contributed by atoms with Gasteiger partial charge in [0.1, 0.15) is 5.56 Å². The van der Waals surface area contributed by atoms with Gasteiger partial charge in [0.15, 0.2) is 0 Å². The molecule has 0 bridgehead atoms. The van der Waals surface area contributed by atoms with Crippen LogP contribution in [0.15, 0.2) is 24.5 Å². The SMILES string of the molecule is CCn1nccc1CN(CCO)c1nccc(C(N)=O)c1[N+](=O)[O-]. The van der Waals surface area contributed by atoms with E-state index in [0.29, 0.717) is 6.54 Å². The maximum atomic E-state index is 11.5. The normalized spacial score (nSPS) is 10.6.